The van der Waals surface area contributed by atoms with Crippen LogP contribution in [0.15, 0.2) is 30.2 Å². The number of hydrogen-bond donors (Lipinski definition) is 1. The number of imidazole rings is 1. The number of fused-ring (bicyclic) bond motifs is 1. The topological polar surface area (TPSA) is 55.6 Å². The Morgan fingerprint density at radius 1 is 1.33 bits per heavy atom. The smallest absolute Gasteiger partial charge is 0.147 e. The lowest BCUT2D eigenvalue weighted by atomic mass is 10.4. The number of rotatable bonds is 4. The van der Waals surface area contributed by atoms with Crippen LogP contribution in [0, 0.1) is 0 Å². The normalized spacial score (nSPS) is 10.9. The molecule has 0 atom stereocenters. The molecular formula is C12H13N5S. The van der Waals surface area contributed by atoms with E-state index in [0.29, 0.717) is 0 Å². The van der Waals surface area contributed by atoms with Gasteiger partial charge < -0.3 is 9.88 Å². The zero-order valence-corrected chi connectivity index (χ0v) is 10.8. The van der Waals surface area contributed by atoms with Crippen molar-refractivity contribution in [3.63, 3.8) is 0 Å². The first-order valence-electron chi connectivity index (χ1n) is 5.73. The second-order valence-electron chi connectivity index (χ2n) is 3.99. The van der Waals surface area contributed by atoms with Crippen LogP contribution in [0.3, 0.4) is 0 Å². The lowest BCUT2D eigenvalue weighted by molar-refractivity contribution is 0.789. The monoisotopic (exact) mass is 259 g/mol. The van der Waals surface area contributed by atoms with E-state index in [-0.39, 0.29) is 0 Å². The Balaban J connectivity index is 1.70. The summed E-state index contributed by atoms with van der Waals surface area (Å²) in [5.74, 6) is 1.98. The molecule has 0 saturated carbocycles. The maximum absolute atomic E-state index is 4.29. The van der Waals surface area contributed by atoms with E-state index in [9.17, 15) is 0 Å². The van der Waals surface area contributed by atoms with Gasteiger partial charge in [-0.3, -0.25) is 0 Å². The van der Waals surface area contributed by atoms with E-state index < -0.39 is 0 Å². The molecule has 0 bridgehead atoms. The molecule has 3 aromatic rings. The molecule has 0 amide bonds. The van der Waals surface area contributed by atoms with Gasteiger partial charge in [0.1, 0.15) is 18.0 Å². The van der Waals surface area contributed by atoms with Crippen molar-refractivity contribution in [1.29, 1.82) is 0 Å². The zero-order chi connectivity index (χ0) is 12.4. The third kappa shape index (κ3) is 2.06. The van der Waals surface area contributed by atoms with E-state index in [0.717, 1.165) is 34.8 Å². The fourth-order valence-electron chi connectivity index (χ4n) is 1.84. The van der Waals surface area contributed by atoms with E-state index >= 15 is 0 Å². The van der Waals surface area contributed by atoms with Gasteiger partial charge in [0, 0.05) is 32.4 Å². The van der Waals surface area contributed by atoms with Gasteiger partial charge in [-0.2, -0.15) is 0 Å². The predicted molar refractivity (Wildman–Crippen MR) is 72.8 cm³/mol. The molecule has 0 aliphatic heterocycles. The molecule has 3 rings (SSSR count). The van der Waals surface area contributed by atoms with Crippen LogP contribution in [0.1, 0.15) is 5.82 Å². The number of hydrogen-bond acceptors (Lipinski definition) is 5. The van der Waals surface area contributed by atoms with Crippen molar-refractivity contribution in [3.05, 3.63) is 36.0 Å². The summed E-state index contributed by atoms with van der Waals surface area (Å²) >= 11 is 1.66. The molecule has 0 saturated heterocycles. The molecule has 0 radical (unpaired) electrons. The summed E-state index contributed by atoms with van der Waals surface area (Å²) in [5, 5.41) is 5.38. The van der Waals surface area contributed by atoms with Gasteiger partial charge in [0.25, 0.3) is 0 Å². The molecule has 6 heteroatoms. The van der Waals surface area contributed by atoms with Gasteiger partial charge in [-0.15, -0.1) is 11.3 Å². The molecule has 0 spiro atoms. The van der Waals surface area contributed by atoms with Crippen LogP contribution in [0.2, 0.25) is 0 Å². The molecule has 3 heterocycles. The number of aryl methyl sites for hydroxylation is 1. The lowest BCUT2D eigenvalue weighted by Crippen LogP contribution is -2.09. The molecule has 92 valence electrons. The van der Waals surface area contributed by atoms with Gasteiger partial charge in [0.2, 0.25) is 0 Å². The summed E-state index contributed by atoms with van der Waals surface area (Å²) in [6.45, 7) is 0.814. The van der Waals surface area contributed by atoms with Crippen molar-refractivity contribution in [2.75, 3.05) is 11.9 Å². The van der Waals surface area contributed by atoms with Gasteiger partial charge in [-0.05, 0) is 11.4 Å². The van der Waals surface area contributed by atoms with E-state index in [2.05, 4.69) is 20.3 Å². The summed E-state index contributed by atoms with van der Waals surface area (Å²) in [6, 6.07) is 2.01. The largest absolute Gasteiger partial charge is 0.368 e. The summed E-state index contributed by atoms with van der Waals surface area (Å²) in [5.41, 5.74) is 0.995. The average Bonchev–Trinajstić information content (AvgIpc) is 2.99. The standard InChI is InChI=1S/C12H13N5S/c1-17-6-5-13-10(17)2-4-14-12-11-9(3-7-18-11)15-8-16-12/h3,5-8H,2,4H2,1H3,(H,14,15,16). The first-order valence-corrected chi connectivity index (χ1v) is 6.61. The summed E-state index contributed by atoms with van der Waals surface area (Å²) in [4.78, 5) is 12.8. The van der Waals surface area contributed by atoms with Crippen molar-refractivity contribution in [1.82, 2.24) is 19.5 Å². The van der Waals surface area contributed by atoms with Crippen molar-refractivity contribution in [2.45, 2.75) is 6.42 Å². The SMILES string of the molecule is Cn1ccnc1CCNc1ncnc2ccsc12. The van der Waals surface area contributed by atoms with Crippen molar-refractivity contribution in [3.8, 4) is 0 Å². The minimum absolute atomic E-state index is 0.814. The molecule has 0 aliphatic carbocycles. The van der Waals surface area contributed by atoms with Gasteiger partial charge >= 0.3 is 0 Å². The number of anilines is 1. The number of thiophene rings is 1. The molecule has 5 nitrogen and oxygen atoms in total. The minimum Gasteiger partial charge on any atom is -0.368 e. The second kappa shape index (κ2) is 4.73. The maximum atomic E-state index is 4.29. The van der Waals surface area contributed by atoms with Crippen LogP contribution < -0.4 is 5.32 Å². The van der Waals surface area contributed by atoms with Crippen LogP contribution in [0.4, 0.5) is 5.82 Å². The van der Waals surface area contributed by atoms with Crippen LogP contribution in [0.25, 0.3) is 10.2 Å². The van der Waals surface area contributed by atoms with E-state index in [1.807, 2.05) is 35.5 Å². The molecule has 18 heavy (non-hydrogen) atoms. The maximum Gasteiger partial charge on any atom is 0.147 e. The average molecular weight is 259 g/mol. The third-order valence-corrected chi connectivity index (χ3v) is 3.72. The van der Waals surface area contributed by atoms with E-state index in [1.54, 1.807) is 17.7 Å². The second-order valence-corrected chi connectivity index (χ2v) is 4.90. The molecule has 0 fully saturated rings. The molecule has 0 aromatic carbocycles. The van der Waals surface area contributed by atoms with Gasteiger partial charge in [0.05, 0.1) is 10.2 Å². The quantitative estimate of drug-likeness (QED) is 0.779. The Morgan fingerprint density at radius 2 is 2.28 bits per heavy atom. The molecule has 1 N–H and O–H groups in total. The minimum atomic E-state index is 0.814. The Hall–Kier alpha value is -1.95. The Labute approximate surface area is 109 Å². The van der Waals surface area contributed by atoms with Crippen LogP contribution >= 0.6 is 11.3 Å². The molecule has 0 aliphatic rings. The number of aromatic nitrogens is 4. The summed E-state index contributed by atoms with van der Waals surface area (Å²) in [7, 11) is 2.00. The van der Waals surface area contributed by atoms with Gasteiger partial charge in [-0.1, -0.05) is 0 Å². The highest BCUT2D eigenvalue weighted by Gasteiger charge is 2.05. The van der Waals surface area contributed by atoms with Crippen molar-refractivity contribution in [2.24, 2.45) is 7.05 Å². The number of nitrogens with zero attached hydrogens (tertiary/aromatic N) is 4. The third-order valence-electron chi connectivity index (χ3n) is 2.81. The molecule has 0 unspecified atom stereocenters. The summed E-state index contributed by atoms with van der Waals surface area (Å²) in [6.07, 6.45) is 6.24. The van der Waals surface area contributed by atoms with E-state index in [1.165, 1.54) is 0 Å². The lowest BCUT2D eigenvalue weighted by Gasteiger charge is -2.06. The van der Waals surface area contributed by atoms with Crippen molar-refractivity contribution < 1.29 is 0 Å². The predicted octanol–water partition coefficient (Wildman–Crippen LogP) is 2.08. The van der Waals surface area contributed by atoms with Crippen LogP contribution in [-0.4, -0.2) is 26.1 Å². The Morgan fingerprint density at radius 3 is 3.11 bits per heavy atom. The van der Waals surface area contributed by atoms with Crippen LogP contribution in [-0.2, 0) is 13.5 Å². The number of nitrogens with one attached hydrogen (secondary N) is 1. The molecule has 3 aromatic heterocycles. The highest BCUT2D eigenvalue weighted by Crippen LogP contribution is 2.24. The first-order chi connectivity index (χ1) is 8.84. The highest BCUT2D eigenvalue weighted by atomic mass is 32.1. The van der Waals surface area contributed by atoms with Crippen molar-refractivity contribution >= 4 is 27.4 Å². The van der Waals surface area contributed by atoms with E-state index in [4.69, 9.17) is 0 Å². The highest BCUT2D eigenvalue weighted by molar-refractivity contribution is 7.17. The molecular weight excluding hydrogens is 246 g/mol. The Bertz CT molecular complexity index is 657. The van der Waals surface area contributed by atoms with Gasteiger partial charge in [0.15, 0.2) is 0 Å². The summed E-state index contributed by atoms with van der Waals surface area (Å²) < 4.78 is 3.14. The fourth-order valence-corrected chi connectivity index (χ4v) is 2.66. The van der Waals surface area contributed by atoms with Crippen LogP contribution in [0.5, 0.6) is 0 Å². The Kier molecular flexibility index (Phi) is 2.93. The zero-order valence-electron chi connectivity index (χ0n) is 10.00. The first kappa shape index (κ1) is 11.2. The van der Waals surface area contributed by atoms with Gasteiger partial charge in [-0.25, -0.2) is 15.0 Å². The fraction of sp³-hybridized carbons (Fsp3) is 0.250.